The Labute approximate surface area is 208 Å². The number of aromatic nitrogens is 6. The van der Waals surface area contributed by atoms with Gasteiger partial charge in [0, 0.05) is 25.4 Å². The minimum Gasteiger partial charge on any atom is -0.378 e. The molecule has 2 aliphatic rings. The van der Waals surface area contributed by atoms with Crippen LogP contribution in [-0.2, 0) is 11.3 Å². The summed E-state index contributed by atoms with van der Waals surface area (Å²) >= 11 is 0. The molecule has 37 heavy (non-hydrogen) atoms. The second-order valence-corrected chi connectivity index (χ2v) is 9.34. The summed E-state index contributed by atoms with van der Waals surface area (Å²) in [5.41, 5.74) is 2.62. The average Bonchev–Trinajstić information content (AvgIpc) is 3.45. The van der Waals surface area contributed by atoms with Crippen LogP contribution >= 0.6 is 0 Å². The molecule has 4 aromatic heterocycles. The molecule has 0 spiro atoms. The maximum atomic E-state index is 14.7. The predicted molar refractivity (Wildman–Crippen MR) is 128 cm³/mol. The molecule has 196 valence electrons. The van der Waals surface area contributed by atoms with Gasteiger partial charge >= 0.3 is 0 Å². The number of hydrogen-bond acceptors (Lipinski definition) is 8. The Balaban J connectivity index is 1.34. The number of imidazole rings is 1. The summed E-state index contributed by atoms with van der Waals surface area (Å²) in [5.74, 6) is -2.04. The number of likely N-dealkylation sites (tertiary alicyclic amines) is 1. The molecule has 14 heteroatoms. The maximum absolute atomic E-state index is 14.7. The van der Waals surface area contributed by atoms with Gasteiger partial charge in [0.2, 0.25) is 5.95 Å². The highest BCUT2D eigenvalue weighted by molar-refractivity contribution is 5.89. The van der Waals surface area contributed by atoms with E-state index in [1.807, 2.05) is 0 Å². The first kappa shape index (κ1) is 23.9. The van der Waals surface area contributed by atoms with Crippen LogP contribution in [0.5, 0.6) is 0 Å². The third-order valence-corrected chi connectivity index (χ3v) is 6.91. The molecule has 0 radical (unpaired) electrons. The van der Waals surface area contributed by atoms with Gasteiger partial charge in [-0.3, -0.25) is 4.90 Å². The van der Waals surface area contributed by atoms with E-state index in [9.17, 15) is 17.6 Å². The lowest BCUT2D eigenvalue weighted by molar-refractivity contribution is -0.0711. The topological polar surface area (TPSA) is 97.4 Å². The van der Waals surface area contributed by atoms with Gasteiger partial charge in [0.1, 0.15) is 22.9 Å². The van der Waals surface area contributed by atoms with Gasteiger partial charge in [-0.05, 0) is 25.1 Å². The van der Waals surface area contributed by atoms with Crippen LogP contribution in [0.2, 0.25) is 0 Å². The lowest BCUT2D eigenvalue weighted by Crippen LogP contribution is -2.48. The normalized spacial score (nSPS) is 20.2. The van der Waals surface area contributed by atoms with Crippen molar-refractivity contribution >= 4 is 28.4 Å². The zero-order valence-corrected chi connectivity index (χ0v) is 20.1. The fraction of sp³-hybridized carbons (Fsp3) is 0.478. The van der Waals surface area contributed by atoms with E-state index < -0.39 is 24.9 Å². The highest BCUT2D eigenvalue weighted by atomic mass is 19.3. The quantitative estimate of drug-likeness (QED) is 0.360. The number of pyridine rings is 1. The largest absolute Gasteiger partial charge is 0.378 e. The first-order valence-corrected chi connectivity index (χ1v) is 11.9. The van der Waals surface area contributed by atoms with Gasteiger partial charge < -0.3 is 19.9 Å². The highest BCUT2D eigenvalue weighted by Crippen LogP contribution is 2.34. The third kappa shape index (κ3) is 4.13. The third-order valence-electron chi connectivity index (χ3n) is 6.91. The van der Waals surface area contributed by atoms with Crippen molar-refractivity contribution in [3.05, 3.63) is 30.2 Å². The number of ether oxygens (including phenoxy) is 1. The number of alkyl halides is 4. The average molecular weight is 520 g/mol. The molecule has 10 nitrogen and oxygen atoms in total. The van der Waals surface area contributed by atoms with Crippen molar-refractivity contribution < 1.29 is 22.3 Å². The minimum atomic E-state index is -2.95. The van der Waals surface area contributed by atoms with Crippen LogP contribution in [0.4, 0.5) is 29.3 Å². The Morgan fingerprint density at radius 3 is 2.68 bits per heavy atom. The number of nitrogens with one attached hydrogen (secondary N) is 2. The van der Waals surface area contributed by atoms with Crippen LogP contribution in [0.3, 0.4) is 0 Å². The van der Waals surface area contributed by atoms with Crippen LogP contribution in [0.15, 0.2) is 24.4 Å². The fourth-order valence-electron chi connectivity index (χ4n) is 4.92. The molecule has 0 bridgehead atoms. The van der Waals surface area contributed by atoms with Crippen molar-refractivity contribution in [1.29, 1.82) is 0 Å². The Hall–Kier alpha value is -3.52. The Morgan fingerprint density at radius 1 is 1.16 bits per heavy atom. The first-order chi connectivity index (χ1) is 17.7. The van der Waals surface area contributed by atoms with Crippen molar-refractivity contribution in [2.24, 2.45) is 0 Å². The number of rotatable bonds is 7. The van der Waals surface area contributed by atoms with Crippen LogP contribution in [-0.4, -0.2) is 91.8 Å². The Kier molecular flexibility index (Phi) is 5.67. The molecule has 0 aliphatic carbocycles. The van der Waals surface area contributed by atoms with Gasteiger partial charge in [-0.25, -0.2) is 32.0 Å². The molecule has 0 saturated carbocycles. The SMILES string of the molecule is CNc1nc(NC2CN(C3COC3)CC2(F)F)nn2ccc(-c3ccc4nc(C)n(CC(F)F)c4n3)c12. The summed E-state index contributed by atoms with van der Waals surface area (Å²) < 4.78 is 63.8. The highest BCUT2D eigenvalue weighted by Gasteiger charge is 2.51. The summed E-state index contributed by atoms with van der Waals surface area (Å²) in [5, 5.41) is 10.2. The number of aryl methyl sites for hydroxylation is 1. The Morgan fingerprint density at radius 2 is 1.97 bits per heavy atom. The monoisotopic (exact) mass is 519 g/mol. The van der Waals surface area contributed by atoms with Crippen LogP contribution in [0.25, 0.3) is 27.9 Å². The van der Waals surface area contributed by atoms with Gasteiger partial charge in [0.15, 0.2) is 11.5 Å². The smallest absolute Gasteiger partial charge is 0.281 e. The van der Waals surface area contributed by atoms with Crippen molar-refractivity contribution in [1.82, 2.24) is 34.0 Å². The van der Waals surface area contributed by atoms with E-state index in [4.69, 9.17) is 4.74 Å². The molecule has 4 aromatic rings. The minimum absolute atomic E-state index is 0.00609. The van der Waals surface area contributed by atoms with E-state index in [-0.39, 0.29) is 25.1 Å². The van der Waals surface area contributed by atoms with Crippen molar-refractivity contribution in [3.63, 3.8) is 0 Å². The first-order valence-electron chi connectivity index (χ1n) is 11.9. The van der Waals surface area contributed by atoms with Crippen molar-refractivity contribution in [2.45, 2.75) is 37.9 Å². The molecule has 2 aliphatic heterocycles. The van der Waals surface area contributed by atoms with Gasteiger partial charge in [-0.2, -0.15) is 4.98 Å². The van der Waals surface area contributed by atoms with E-state index in [1.54, 1.807) is 43.3 Å². The molecular formula is C23H25F4N9O. The number of fused-ring (bicyclic) bond motifs is 2. The zero-order chi connectivity index (χ0) is 25.9. The predicted octanol–water partition coefficient (Wildman–Crippen LogP) is 2.89. The summed E-state index contributed by atoms with van der Waals surface area (Å²) in [7, 11) is 1.67. The fourth-order valence-corrected chi connectivity index (χ4v) is 4.92. The molecule has 2 fully saturated rings. The molecule has 1 atom stereocenters. The van der Waals surface area contributed by atoms with Crippen molar-refractivity contribution in [3.8, 4) is 11.3 Å². The summed E-state index contributed by atoms with van der Waals surface area (Å²) in [6.45, 7) is 1.89. The molecule has 6 rings (SSSR count). The Bertz CT molecular complexity index is 1470. The van der Waals surface area contributed by atoms with Gasteiger partial charge in [-0.1, -0.05) is 0 Å². The summed E-state index contributed by atoms with van der Waals surface area (Å²) in [4.78, 5) is 15.1. The van der Waals surface area contributed by atoms with Crippen molar-refractivity contribution in [2.75, 3.05) is 44.0 Å². The zero-order valence-electron chi connectivity index (χ0n) is 20.1. The van der Waals surface area contributed by atoms with Crippen LogP contribution in [0.1, 0.15) is 5.82 Å². The number of nitrogens with zero attached hydrogens (tertiary/aromatic N) is 7. The number of anilines is 2. The molecule has 0 amide bonds. The van der Waals surface area contributed by atoms with Gasteiger partial charge in [-0.15, -0.1) is 5.10 Å². The lowest BCUT2D eigenvalue weighted by Gasteiger charge is -2.34. The second-order valence-electron chi connectivity index (χ2n) is 9.34. The molecular weight excluding hydrogens is 494 g/mol. The van der Waals surface area contributed by atoms with Gasteiger partial charge in [0.25, 0.3) is 12.3 Å². The summed E-state index contributed by atoms with van der Waals surface area (Å²) in [6.07, 6.45) is -0.870. The van der Waals surface area contributed by atoms with E-state index in [0.29, 0.717) is 52.8 Å². The maximum Gasteiger partial charge on any atom is 0.281 e. The second kappa shape index (κ2) is 8.80. The molecule has 6 heterocycles. The molecule has 2 saturated heterocycles. The van der Waals surface area contributed by atoms with Crippen LogP contribution in [0, 0.1) is 6.92 Å². The van der Waals surface area contributed by atoms with Gasteiger partial charge in [0.05, 0.1) is 38.0 Å². The summed E-state index contributed by atoms with van der Waals surface area (Å²) in [6, 6.07) is 4.11. The number of halogens is 4. The van der Waals surface area contributed by atoms with E-state index in [0.717, 1.165) is 0 Å². The number of hydrogen-bond donors (Lipinski definition) is 2. The van der Waals surface area contributed by atoms with Crippen LogP contribution < -0.4 is 10.6 Å². The van der Waals surface area contributed by atoms with E-state index >= 15 is 0 Å². The molecule has 0 aromatic carbocycles. The standard InChI is InChI=1S/C23H25F4N9O/c1-12-29-16-4-3-15(30-21(16)35(12)8-18(24)25)14-5-6-36-19(14)20(28-2)32-22(33-36)31-17-7-34(11-23(17,26)27)13-9-37-10-13/h3-6,13,17-18H,7-11H2,1-2H3,(H2,28,31,32,33). The lowest BCUT2D eigenvalue weighted by atomic mass is 10.2. The van der Waals surface area contributed by atoms with E-state index in [2.05, 4.69) is 30.7 Å². The molecule has 2 N–H and O–H groups in total. The van der Waals surface area contributed by atoms with E-state index in [1.165, 1.54) is 9.08 Å². The molecule has 1 unspecified atom stereocenters.